The van der Waals surface area contributed by atoms with Crippen LogP contribution in [0.15, 0.2) is 30.3 Å². The van der Waals surface area contributed by atoms with Crippen molar-refractivity contribution in [3.63, 3.8) is 0 Å². The molecule has 0 spiro atoms. The third-order valence-electron chi connectivity index (χ3n) is 2.50. The van der Waals surface area contributed by atoms with E-state index in [0.717, 1.165) is 0 Å². The van der Waals surface area contributed by atoms with E-state index in [0.29, 0.717) is 12.1 Å². The fourth-order valence-corrected chi connectivity index (χ4v) is 1.68. The third kappa shape index (κ3) is 2.84. The van der Waals surface area contributed by atoms with Crippen molar-refractivity contribution in [2.75, 3.05) is 0 Å². The van der Waals surface area contributed by atoms with E-state index in [2.05, 4.69) is 5.10 Å². The largest absolute Gasteiger partial charge is 1.00 e. The zero-order valence-electron chi connectivity index (χ0n) is 10.3. The normalized spacial score (nSPS) is 9.83. The molecule has 6 heteroatoms. The third-order valence-corrected chi connectivity index (χ3v) is 2.50. The van der Waals surface area contributed by atoms with Gasteiger partial charge in [0.25, 0.3) is 0 Å². The van der Waals surface area contributed by atoms with Crippen LogP contribution < -0.4 is 56.5 Å². The molecule has 0 saturated heterocycles. The van der Waals surface area contributed by atoms with Gasteiger partial charge in [-0.15, -0.1) is 0 Å². The van der Waals surface area contributed by atoms with Crippen molar-refractivity contribution in [2.24, 2.45) is 0 Å². The minimum atomic E-state index is -1.38. The minimum absolute atomic E-state index is 0. The van der Waals surface area contributed by atoms with Crippen LogP contribution in [0.5, 0.6) is 5.88 Å². The molecule has 0 aliphatic heterocycles. The van der Waals surface area contributed by atoms with E-state index in [-0.39, 0.29) is 68.5 Å². The molecule has 0 radical (unpaired) electrons. The van der Waals surface area contributed by atoms with Gasteiger partial charge >= 0.3 is 51.4 Å². The van der Waals surface area contributed by atoms with Crippen LogP contribution in [0.4, 0.5) is 0 Å². The summed E-state index contributed by atoms with van der Waals surface area (Å²) in [5, 5.41) is 24.7. The zero-order valence-corrected chi connectivity index (χ0v) is 13.4. The van der Waals surface area contributed by atoms with E-state index in [1.807, 2.05) is 6.07 Å². The molecule has 1 aromatic heterocycles. The second-order valence-electron chi connectivity index (χ2n) is 3.54. The van der Waals surface area contributed by atoms with Crippen LogP contribution in [0.2, 0.25) is 0 Å². The van der Waals surface area contributed by atoms with E-state index in [4.69, 9.17) is 0 Å². The maximum atomic E-state index is 10.9. The molecule has 2 aromatic rings. The number of carboxylic acids is 1. The number of aromatic carboxylic acids is 1. The number of hydrogen-bond acceptors (Lipinski definition) is 4. The maximum absolute atomic E-state index is 10.9. The molecule has 0 amide bonds. The molecule has 1 N–H and O–H groups in total. The van der Waals surface area contributed by atoms with Crippen molar-refractivity contribution in [3.05, 3.63) is 41.6 Å². The van der Waals surface area contributed by atoms with Crippen LogP contribution in [0, 0.1) is 0 Å². The number of hydrogen-bond donors (Lipinski definition) is 1. The number of benzene rings is 1. The Labute approximate surface area is 147 Å². The Morgan fingerprint density at radius 1 is 1.39 bits per heavy atom. The summed E-state index contributed by atoms with van der Waals surface area (Å²) >= 11 is 0. The molecule has 0 saturated carbocycles. The van der Waals surface area contributed by atoms with E-state index < -0.39 is 5.97 Å². The van der Waals surface area contributed by atoms with Crippen LogP contribution in [-0.2, 0) is 6.42 Å². The molecule has 0 aliphatic rings. The molecule has 5 nitrogen and oxygen atoms in total. The van der Waals surface area contributed by atoms with Gasteiger partial charge in [0, 0.05) is 5.56 Å². The summed E-state index contributed by atoms with van der Waals surface area (Å²) in [6.07, 6.45) is 0.377. The number of rotatable bonds is 3. The first-order valence-corrected chi connectivity index (χ1v) is 5.22. The van der Waals surface area contributed by atoms with Crippen LogP contribution in [0.1, 0.15) is 23.0 Å². The molecule has 1 aromatic carbocycles. The summed E-state index contributed by atoms with van der Waals surface area (Å²) in [5.74, 6) is -1.54. The van der Waals surface area contributed by atoms with Gasteiger partial charge in [0.1, 0.15) is 5.69 Å². The van der Waals surface area contributed by atoms with E-state index in [1.54, 1.807) is 31.2 Å². The average Bonchev–Trinajstić information content (AvgIpc) is 2.67. The van der Waals surface area contributed by atoms with Gasteiger partial charge in [0.2, 0.25) is 5.88 Å². The number of aromatic nitrogens is 2. The topological polar surface area (TPSA) is 78.2 Å². The van der Waals surface area contributed by atoms with Gasteiger partial charge in [-0.3, -0.25) is 0 Å². The summed E-state index contributed by atoms with van der Waals surface area (Å²) in [6.45, 7) is 1.75. The second kappa shape index (κ2) is 6.49. The first-order chi connectivity index (χ1) is 8.15. The maximum Gasteiger partial charge on any atom is 1.00 e. The van der Waals surface area contributed by atoms with Crippen LogP contribution >= 0.6 is 0 Å². The molecule has 18 heavy (non-hydrogen) atoms. The van der Waals surface area contributed by atoms with E-state index in [9.17, 15) is 15.0 Å². The number of carbonyl (C=O) groups is 1. The molecule has 2 rings (SSSR count). The second-order valence-corrected chi connectivity index (χ2v) is 3.54. The molecular weight excluding hydrogens is 259 g/mol. The van der Waals surface area contributed by atoms with Gasteiger partial charge in [-0.05, 0) is 18.6 Å². The molecule has 0 unspecified atom stereocenters. The molecule has 88 valence electrons. The molecule has 0 bridgehead atoms. The number of aromatic hydroxyl groups is 1. The van der Waals surface area contributed by atoms with Gasteiger partial charge < -0.3 is 15.0 Å². The summed E-state index contributed by atoms with van der Waals surface area (Å²) in [7, 11) is 0. The summed E-state index contributed by atoms with van der Waals surface area (Å²) in [4.78, 5) is 10.9. The monoisotopic (exact) mass is 270 g/mol. The van der Waals surface area contributed by atoms with Gasteiger partial charge in [-0.1, -0.05) is 25.1 Å². The molecule has 0 fully saturated rings. The van der Waals surface area contributed by atoms with Crippen molar-refractivity contribution in [3.8, 4) is 11.6 Å². The molecule has 0 atom stereocenters. The summed E-state index contributed by atoms with van der Waals surface area (Å²) in [5.41, 5.74) is 0.676. The number of carbonyl (C=O) groups excluding carboxylic acids is 1. The van der Waals surface area contributed by atoms with Crippen molar-refractivity contribution < 1.29 is 66.4 Å². The molecule has 0 aliphatic carbocycles. The molecule has 1 heterocycles. The predicted octanol–water partition coefficient (Wildman–Crippen LogP) is -2.49. The number of para-hydroxylation sites is 1. The van der Waals surface area contributed by atoms with Crippen molar-refractivity contribution in [1.29, 1.82) is 0 Å². The Hall–Kier alpha value is -0.664. The summed E-state index contributed by atoms with van der Waals surface area (Å²) < 4.78 is 1.20. The fourth-order valence-electron chi connectivity index (χ4n) is 1.68. The van der Waals surface area contributed by atoms with Gasteiger partial charge in [0.15, 0.2) is 0 Å². The van der Waals surface area contributed by atoms with Gasteiger partial charge in [-0.25, -0.2) is 4.68 Å². The van der Waals surface area contributed by atoms with E-state index in [1.165, 1.54) is 4.68 Å². The minimum Gasteiger partial charge on any atom is -0.543 e. The SMILES string of the molecule is CCc1c(C(=O)[O-])nn(-c2ccccc2)c1O.[K+]. The first kappa shape index (κ1) is 15.4. The Morgan fingerprint density at radius 2 is 2.00 bits per heavy atom. The predicted molar refractivity (Wildman–Crippen MR) is 58.9 cm³/mol. The molecular formula is C12H11KN2O3. The number of carboxylic acid groups (broad SMARTS) is 1. The van der Waals surface area contributed by atoms with Crippen molar-refractivity contribution in [2.45, 2.75) is 13.3 Å². The van der Waals surface area contributed by atoms with Gasteiger partial charge in [0.05, 0.1) is 11.7 Å². The zero-order chi connectivity index (χ0) is 12.4. The quantitative estimate of drug-likeness (QED) is 0.626. The Kier molecular flexibility index (Phi) is 5.55. The van der Waals surface area contributed by atoms with Crippen LogP contribution in [-0.4, -0.2) is 20.9 Å². The average molecular weight is 270 g/mol. The van der Waals surface area contributed by atoms with Crippen molar-refractivity contribution >= 4 is 5.97 Å². The van der Waals surface area contributed by atoms with E-state index >= 15 is 0 Å². The van der Waals surface area contributed by atoms with Crippen LogP contribution in [0.25, 0.3) is 5.69 Å². The summed E-state index contributed by atoms with van der Waals surface area (Å²) in [6, 6.07) is 8.84. The Bertz CT molecular complexity index is 552. The fraction of sp³-hybridized carbons (Fsp3) is 0.167. The van der Waals surface area contributed by atoms with Crippen LogP contribution in [0.3, 0.4) is 0 Å². The van der Waals surface area contributed by atoms with Gasteiger partial charge in [-0.2, -0.15) is 5.10 Å². The smallest absolute Gasteiger partial charge is 0.543 e. The first-order valence-electron chi connectivity index (χ1n) is 5.22. The Morgan fingerprint density at radius 3 is 2.44 bits per heavy atom. The van der Waals surface area contributed by atoms with Crippen molar-refractivity contribution in [1.82, 2.24) is 9.78 Å². The number of nitrogens with zero attached hydrogens (tertiary/aromatic N) is 2. The Balaban J connectivity index is 0.00000162. The standard InChI is InChI=1S/C12H12N2O3.K/c1-2-9-10(12(16)17)13-14(11(9)15)8-6-4-3-5-7-8;/h3-7,15H,2H2,1H3,(H,16,17);/q;+1/p-1.